The summed E-state index contributed by atoms with van der Waals surface area (Å²) in [6, 6.07) is 0. The number of imidazole rings is 1. The highest BCUT2D eigenvalue weighted by Gasteiger charge is 2.09. The molecular weight excluding hydrogens is 296 g/mol. The predicted octanol–water partition coefficient (Wildman–Crippen LogP) is 1.60. The molecule has 2 aromatic heterocycles. The van der Waals surface area contributed by atoms with Crippen molar-refractivity contribution in [3.05, 3.63) is 28.9 Å². The minimum absolute atomic E-state index is 0.262. The Bertz CT molecular complexity index is 526. The third-order valence-electron chi connectivity index (χ3n) is 2.87. The topological polar surface area (TPSA) is 62.5 Å². The van der Waals surface area contributed by atoms with Gasteiger partial charge >= 0.3 is 0 Å². The van der Waals surface area contributed by atoms with Crippen LogP contribution in [-0.4, -0.2) is 32.1 Å². The second kappa shape index (κ2) is 5.77. The number of aliphatic hydroxyl groups excluding tert-OH is 1. The van der Waals surface area contributed by atoms with Crippen molar-refractivity contribution in [3.8, 4) is 0 Å². The SMILES string of the molecule is CC(C)C(O)CNCc1cnc2cnc(Br)cn12. The number of hydrogen-bond donors (Lipinski definition) is 2. The van der Waals surface area contributed by atoms with Gasteiger partial charge in [-0.1, -0.05) is 13.8 Å². The van der Waals surface area contributed by atoms with E-state index in [1.54, 1.807) is 6.20 Å². The fourth-order valence-corrected chi connectivity index (χ4v) is 1.94. The van der Waals surface area contributed by atoms with E-state index in [1.165, 1.54) is 0 Å². The number of aliphatic hydroxyl groups is 1. The number of nitrogens with one attached hydrogen (secondary N) is 1. The number of hydrogen-bond acceptors (Lipinski definition) is 4. The number of rotatable bonds is 5. The lowest BCUT2D eigenvalue weighted by molar-refractivity contribution is 0.123. The largest absolute Gasteiger partial charge is 0.392 e. The molecule has 0 aliphatic rings. The van der Waals surface area contributed by atoms with Crippen LogP contribution in [0.1, 0.15) is 19.5 Å². The molecule has 5 nitrogen and oxygen atoms in total. The van der Waals surface area contributed by atoms with Crippen LogP contribution in [0, 0.1) is 5.92 Å². The van der Waals surface area contributed by atoms with E-state index >= 15 is 0 Å². The van der Waals surface area contributed by atoms with Crippen LogP contribution in [0.5, 0.6) is 0 Å². The molecule has 0 radical (unpaired) electrons. The van der Waals surface area contributed by atoms with Gasteiger partial charge in [-0.15, -0.1) is 0 Å². The Labute approximate surface area is 114 Å². The highest BCUT2D eigenvalue weighted by molar-refractivity contribution is 9.10. The van der Waals surface area contributed by atoms with Crippen molar-refractivity contribution < 1.29 is 5.11 Å². The minimum atomic E-state index is -0.322. The molecule has 98 valence electrons. The van der Waals surface area contributed by atoms with Gasteiger partial charge in [0.2, 0.25) is 0 Å². The first-order valence-corrected chi connectivity index (χ1v) is 6.73. The highest BCUT2D eigenvalue weighted by atomic mass is 79.9. The van der Waals surface area contributed by atoms with Crippen LogP contribution in [0.4, 0.5) is 0 Å². The fourth-order valence-electron chi connectivity index (χ4n) is 1.63. The molecule has 2 N–H and O–H groups in total. The quantitative estimate of drug-likeness (QED) is 0.880. The molecule has 0 aliphatic heterocycles. The van der Waals surface area contributed by atoms with Crippen molar-refractivity contribution in [1.29, 1.82) is 0 Å². The molecule has 1 unspecified atom stereocenters. The summed E-state index contributed by atoms with van der Waals surface area (Å²) in [6.45, 7) is 5.26. The average molecular weight is 313 g/mol. The third kappa shape index (κ3) is 3.07. The molecule has 0 aliphatic carbocycles. The predicted molar refractivity (Wildman–Crippen MR) is 73.2 cm³/mol. The zero-order valence-electron chi connectivity index (χ0n) is 10.5. The zero-order chi connectivity index (χ0) is 13.1. The molecule has 2 heterocycles. The van der Waals surface area contributed by atoms with Gasteiger partial charge in [0.05, 0.1) is 24.2 Å². The summed E-state index contributed by atoms with van der Waals surface area (Å²) >= 11 is 3.34. The van der Waals surface area contributed by atoms with Gasteiger partial charge in [-0.05, 0) is 21.8 Å². The summed E-state index contributed by atoms with van der Waals surface area (Å²) in [4.78, 5) is 8.40. The second-order valence-electron chi connectivity index (χ2n) is 4.63. The first-order valence-electron chi connectivity index (χ1n) is 5.94. The van der Waals surface area contributed by atoms with Gasteiger partial charge in [0.25, 0.3) is 0 Å². The summed E-state index contributed by atoms with van der Waals surface area (Å²) in [7, 11) is 0. The maximum Gasteiger partial charge on any atom is 0.155 e. The standard InChI is InChI=1S/C12H17BrN4O/c1-8(2)10(18)5-14-3-9-4-16-12-6-15-11(13)7-17(9)12/h4,6-8,10,14,18H,3,5H2,1-2H3. The van der Waals surface area contributed by atoms with Gasteiger partial charge in [0.1, 0.15) is 4.60 Å². The lowest BCUT2D eigenvalue weighted by Gasteiger charge is -2.14. The molecule has 0 fully saturated rings. The van der Waals surface area contributed by atoms with Gasteiger partial charge in [-0.25, -0.2) is 9.97 Å². The first kappa shape index (κ1) is 13.5. The molecule has 0 aromatic carbocycles. The van der Waals surface area contributed by atoms with Crippen molar-refractivity contribution in [1.82, 2.24) is 19.7 Å². The van der Waals surface area contributed by atoms with Crippen LogP contribution in [0.25, 0.3) is 5.65 Å². The van der Waals surface area contributed by atoms with E-state index in [0.29, 0.717) is 13.1 Å². The van der Waals surface area contributed by atoms with E-state index in [-0.39, 0.29) is 12.0 Å². The normalized spacial score (nSPS) is 13.4. The van der Waals surface area contributed by atoms with Gasteiger partial charge in [-0.2, -0.15) is 0 Å². The van der Waals surface area contributed by atoms with Crippen LogP contribution < -0.4 is 5.32 Å². The summed E-state index contributed by atoms with van der Waals surface area (Å²) in [5.41, 5.74) is 1.86. The summed E-state index contributed by atoms with van der Waals surface area (Å²) in [5.74, 6) is 0.262. The van der Waals surface area contributed by atoms with Crippen molar-refractivity contribution in [2.45, 2.75) is 26.5 Å². The van der Waals surface area contributed by atoms with E-state index in [4.69, 9.17) is 0 Å². The molecule has 1 atom stereocenters. The summed E-state index contributed by atoms with van der Waals surface area (Å²) < 4.78 is 2.75. The maximum absolute atomic E-state index is 9.71. The molecule has 0 saturated carbocycles. The number of fused-ring (bicyclic) bond motifs is 1. The maximum atomic E-state index is 9.71. The van der Waals surface area contributed by atoms with Crippen molar-refractivity contribution in [2.24, 2.45) is 5.92 Å². The smallest absolute Gasteiger partial charge is 0.155 e. The molecule has 2 rings (SSSR count). The van der Waals surface area contributed by atoms with Crippen molar-refractivity contribution in [2.75, 3.05) is 6.54 Å². The van der Waals surface area contributed by atoms with E-state index in [2.05, 4.69) is 31.2 Å². The fraction of sp³-hybridized carbons (Fsp3) is 0.500. The van der Waals surface area contributed by atoms with Gasteiger partial charge < -0.3 is 10.4 Å². The number of aromatic nitrogens is 3. The van der Waals surface area contributed by atoms with E-state index in [0.717, 1.165) is 15.9 Å². The molecule has 0 amide bonds. The lowest BCUT2D eigenvalue weighted by Crippen LogP contribution is -2.30. The minimum Gasteiger partial charge on any atom is -0.392 e. The number of halogens is 1. The van der Waals surface area contributed by atoms with E-state index < -0.39 is 0 Å². The van der Waals surface area contributed by atoms with Crippen LogP contribution in [0.15, 0.2) is 23.2 Å². The molecule has 0 spiro atoms. The second-order valence-corrected chi connectivity index (χ2v) is 5.44. The highest BCUT2D eigenvalue weighted by Crippen LogP contribution is 2.10. The Morgan fingerprint density at radius 1 is 1.39 bits per heavy atom. The van der Waals surface area contributed by atoms with Crippen LogP contribution in [-0.2, 0) is 6.54 Å². The lowest BCUT2D eigenvalue weighted by atomic mass is 10.1. The van der Waals surface area contributed by atoms with Crippen LogP contribution in [0.3, 0.4) is 0 Å². The van der Waals surface area contributed by atoms with Crippen LogP contribution in [0.2, 0.25) is 0 Å². The van der Waals surface area contributed by atoms with Gasteiger partial charge in [0.15, 0.2) is 5.65 Å². The Balaban J connectivity index is 2.01. The van der Waals surface area contributed by atoms with Crippen molar-refractivity contribution in [3.63, 3.8) is 0 Å². The Hall–Kier alpha value is -0.980. The third-order valence-corrected chi connectivity index (χ3v) is 3.28. The first-order chi connectivity index (χ1) is 8.58. The molecule has 0 saturated heterocycles. The number of nitrogens with zero attached hydrogens (tertiary/aromatic N) is 3. The molecule has 18 heavy (non-hydrogen) atoms. The van der Waals surface area contributed by atoms with Gasteiger partial charge in [-0.3, -0.25) is 4.40 Å². The monoisotopic (exact) mass is 312 g/mol. The van der Waals surface area contributed by atoms with Crippen molar-refractivity contribution >= 4 is 21.6 Å². The molecule has 0 bridgehead atoms. The Morgan fingerprint density at radius 3 is 2.89 bits per heavy atom. The summed E-state index contributed by atoms with van der Waals surface area (Å²) in [5, 5.41) is 12.9. The molecule has 6 heteroatoms. The van der Waals surface area contributed by atoms with E-state index in [9.17, 15) is 5.11 Å². The average Bonchev–Trinajstić information content (AvgIpc) is 2.71. The summed E-state index contributed by atoms with van der Waals surface area (Å²) in [6.07, 6.45) is 5.10. The molecular formula is C12H17BrN4O. The zero-order valence-corrected chi connectivity index (χ0v) is 12.1. The van der Waals surface area contributed by atoms with Crippen LogP contribution >= 0.6 is 15.9 Å². The van der Waals surface area contributed by atoms with Gasteiger partial charge in [0, 0.05) is 19.3 Å². The Morgan fingerprint density at radius 2 is 2.17 bits per heavy atom. The molecule has 2 aromatic rings. The van der Waals surface area contributed by atoms with E-state index in [1.807, 2.05) is 30.6 Å². The Kier molecular flexibility index (Phi) is 4.31.